The highest BCUT2D eigenvalue weighted by molar-refractivity contribution is 4.84. The summed E-state index contributed by atoms with van der Waals surface area (Å²) in [6.45, 7) is 16.2. The number of nitrogens with two attached hydrogens (primary N) is 2. The quantitative estimate of drug-likeness (QED) is 0.437. The van der Waals surface area contributed by atoms with Gasteiger partial charge in [-0.15, -0.1) is 0 Å². The van der Waals surface area contributed by atoms with Crippen molar-refractivity contribution in [3.8, 4) is 0 Å². The van der Waals surface area contributed by atoms with E-state index in [1.54, 1.807) is 5.53 Å². The van der Waals surface area contributed by atoms with Crippen LogP contribution in [-0.4, -0.2) is 0 Å². The van der Waals surface area contributed by atoms with Gasteiger partial charge in [-0.25, -0.2) is 0 Å². The third-order valence-corrected chi connectivity index (χ3v) is 3.38. The van der Waals surface area contributed by atoms with Crippen LogP contribution in [0.5, 0.6) is 0 Å². The molecule has 0 amide bonds. The Labute approximate surface area is 83.2 Å². The van der Waals surface area contributed by atoms with Crippen molar-refractivity contribution in [3.63, 3.8) is 0 Å². The van der Waals surface area contributed by atoms with E-state index in [9.17, 15) is 0 Å². The molecule has 0 fully saturated rings. The molecule has 0 atom stereocenters. The third-order valence-electron chi connectivity index (χ3n) is 3.38. The highest BCUT2D eigenvalue weighted by atomic mass is 15.4. The fourth-order valence-corrected chi connectivity index (χ4v) is 0.866. The van der Waals surface area contributed by atoms with Crippen LogP contribution in [0, 0.1) is 16.7 Å². The summed E-state index contributed by atoms with van der Waals surface area (Å²) in [7, 11) is 0. The van der Waals surface area contributed by atoms with Crippen LogP contribution < -0.4 is 17.2 Å². The SMILES string of the molecule is CC(C)C(C)(C)C(C)(C)C.NNN. The summed E-state index contributed by atoms with van der Waals surface area (Å²) < 4.78 is 0. The molecule has 0 unspecified atom stereocenters. The van der Waals surface area contributed by atoms with Crippen LogP contribution in [0.3, 0.4) is 0 Å². The average Bonchev–Trinajstić information content (AvgIpc) is 1.86. The number of nitrogens with one attached hydrogen (secondary N) is 1. The lowest BCUT2D eigenvalue weighted by molar-refractivity contribution is 0.0737. The van der Waals surface area contributed by atoms with Crippen LogP contribution in [0.4, 0.5) is 0 Å². The van der Waals surface area contributed by atoms with Crippen molar-refractivity contribution < 1.29 is 0 Å². The van der Waals surface area contributed by atoms with E-state index >= 15 is 0 Å². The fraction of sp³-hybridized carbons (Fsp3) is 1.00. The molecule has 0 saturated heterocycles. The smallest absolute Gasteiger partial charge is 0.0283 e. The van der Waals surface area contributed by atoms with Gasteiger partial charge in [0.25, 0.3) is 0 Å². The molecule has 3 heteroatoms. The van der Waals surface area contributed by atoms with Crippen molar-refractivity contribution in [1.82, 2.24) is 5.53 Å². The minimum atomic E-state index is 0.418. The van der Waals surface area contributed by atoms with Gasteiger partial charge in [0.2, 0.25) is 0 Å². The average molecular weight is 189 g/mol. The second-order valence-corrected chi connectivity index (χ2v) is 5.29. The molecule has 82 valence electrons. The van der Waals surface area contributed by atoms with Gasteiger partial charge >= 0.3 is 0 Å². The van der Waals surface area contributed by atoms with Gasteiger partial charge in [0.05, 0.1) is 0 Å². The van der Waals surface area contributed by atoms with Gasteiger partial charge in [-0.3, -0.25) is 11.7 Å². The van der Waals surface area contributed by atoms with Gasteiger partial charge in [0, 0.05) is 0 Å². The number of hydrogen-bond acceptors (Lipinski definition) is 3. The lowest BCUT2D eigenvalue weighted by atomic mass is 9.63. The van der Waals surface area contributed by atoms with E-state index in [1.807, 2.05) is 0 Å². The molecule has 5 N–H and O–H groups in total. The standard InChI is InChI=1S/C10H22.H5N3/c1-8(2)10(6,7)9(3,4)5;1-3-2/h8H,1-7H3;3H,1-2H2. The molecule has 0 aliphatic carbocycles. The Morgan fingerprint density at radius 3 is 1.15 bits per heavy atom. The minimum absolute atomic E-state index is 0.418. The molecular formula is C10H27N3. The van der Waals surface area contributed by atoms with Gasteiger partial charge < -0.3 is 0 Å². The second kappa shape index (κ2) is 5.58. The van der Waals surface area contributed by atoms with Crippen LogP contribution >= 0.6 is 0 Å². The van der Waals surface area contributed by atoms with E-state index in [2.05, 4.69) is 60.2 Å². The Hall–Kier alpha value is -0.120. The lowest BCUT2D eigenvalue weighted by Gasteiger charge is -2.42. The maximum absolute atomic E-state index is 4.38. The Balaban J connectivity index is 0. The molecule has 0 aliphatic rings. The second-order valence-electron chi connectivity index (χ2n) is 5.29. The molecule has 13 heavy (non-hydrogen) atoms. The topological polar surface area (TPSA) is 64.1 Å². The molecule has 0 rings (SSSR count). The van der Waals surface area contributed by atoms with Gasteiger partial charge in [-0.2, -0.15) is 5.53 Å². The van der Waals surface area contributed by atoms with Gasteiger partial charge in [0.1, 0.15) is 0 Å². The van der Waals surface area contributed by atoms with Gasteiger partial charge in [-0.05, 0) is 16.7 Å². The van der Waals surface area contributed by atoms with E-state index < -0.39 is 0 Å². The molecule has 0 aromatic carbocycles. The fourth-order valence-electron chi connectivity index (χ4n) is 0.866. The van der Waals surface area contributed by atoms with Gasteiger partial charge in [0.15, 0.2) is 0 Å². The predicted octanol–water partition coefficient (Wildman–Crippen LogP) is 2.04. The van der Waals surface area contributed by atoms with E-state index in [0.29, 0.717) is 10.8 Å². The van der Waals surface area contributed by atoms with Crippen molar-refractivity contribution in [2.75, 3.05) is 0 Å². The predicted molar refractivity (Wildman–Crippen MR) is 59.6 cm³/mol. The molecule has 3 nitrogen and oxygen atoms in total. The zero-order valence-corrected chi connectivity index (χ0v) is 10.2. The first-order valence-corrected chi connectivity index (χ1v) is 4.77. The Bertz CT molecular complexity index is 123. The molecule has 0 aromatic rings. The van der Waals surface area contributed by atoms with Crippen molar-refractivity contribution >= 4 is 0 Å². The molecule has 0 saturated carbocycles. The molecule has 0 aromatic heterocycles. The Morgan fingerprint density at radius 1 is 0.923 bits per heavy atom. The Kier molecular flexibility index (Phi) is 6.59. The largest absolute Gasteiger partial charge is 0.258 e. The first-order chi connectivity index (χ1) is 5.61. The third kappa shape index (κ3) is 5.24. The van der Waals surface area contributed by atoms with Crippen LogP contribution in [0.2, 0.25) is 0 Å². The summed E-state index contributed by atoms with van der Waals surface area (Å²) >= 11 is 0. The number of hydrazine groups is 2. The first kappa shape index (κ1) is 15.4. The lowest BCUT2D eigenvalue weighted by Crippen LogP contribution is -2.34. The first-order valence-electron chi connectivity index (χ1n) is 4.77. The molecular weight excluding hydrogens is 162 g/mol. The van der Waals surface area contributed by atoms with Crippen molar-refractivity contribution in [3.05, 3.63) is 0 Å². The van der Waals surface area contributed by atoms with E-state index in [-0.39, 0.29) is 0 Å². The van der Waals surface area contributed by atoms with E-state index in [0.717, 1.165) is 5.92 Å². The molecule has 0 spiro atoms. The summed E-state index contributed by atoms with van der Waals surface area (Å²) in [5.41, 5.74) is 2.61. The number of rotatable bonds is 1. The van der Waals surface area contributed by atoms with Crippen molar-refractivity contribution in [1.29, 1.82) is 0 Å². The van der Waals surface area contributed by atoms with Crippen LogP contribution in [0.1, 0.15) is 48.5 Å². The van der Waals surface area contributed by atoms with E-state index in [4.69, 9.17) is 0 Å². The highest BCUT2D eigenvalue weighted by Gasteiger charge is 2.35. The summed E-state index contributed by atoms with van der Waals surface area (Å²) in [5.74, 6) is 9.51. The van der Waals surface area contributed by atoms with Crippen molar-refractivity contribution in [2.24, 2.45) is 28.4 Å². The zero-order valence-electron chi connectivity index (χ0n) is 10.2. The molecule has 0 bridgehead atoms. The normalized spacial score (nSPS) is 12.5. The zero-order chi connectivity index (χ0) is 11.3. The molecule has 0 radical (unpaired) electrons. The summed E-state index contributed by atoms with van der Waals surface area (Å²) in [6.07, 6.45) is 0. The van der Waals surface area contributed by atoms with E-state index in [1.165, 1.54) is 0 Å². The minimum Gasteiger partial charge on any atom is -0.258 e. The van der Waals surface area contributed by atoms with Crippen molar-refractivity contribution in [2.45, 2.75) is 48.5 Å². The molecule has 0 heterocycles. The summed E-state index contributed by atoms with van der Waals surface area (Å²) in [5, 5.41) is 0. The number of hydrogen-bond donors (Lipinski definition) is 3. The molecule has 0 aliphatic heterocycles. The summed E-state index contributed by atoms with van der Waals surface area (Å²) in [6, 6.07) is 0. The maximum atomic E-state index is 4.38. The van der Waals surface area contributed by atoms with Crippen LogP contribution in [0.15, 0.2) is 0 Å². The summed E-state index contributed by atoms with van der Waals surface area (Å²) in [4.78, 5) is 0. The van der Waals surface area contributed by atoms with Crippen LogP contribution in [0.25, 0.3) is 0 Å². The Morgan fingerprint density at radius 2 is 1.15 bits per heavy atom. The maximum Gasteiger partial charge on any atom is -0.0283 e. The monoisotopic (exact) mass is 189 g/mol. The van der Waals surface area contributed by atoms with Gasteiger partial charge in [-0.1, -0.05) is 48.5 Å². The highest BCUT2D eigenvalue weighted by Crippen LogP contribution is 2.43. The van der Waals surface area contributed by atoms with Crippen LogP contribution in [-0.2, 0) is 0 Å².